The Morgan fingerprint density at radius 3 is 2.60 bits per heavy atom. The molecule has 0 aliphatic heterocycles. The first-order valence-electron chi connectivity index (χ1n) is 5.21. The second-order valence-corrected chi connectivity index (χ2v) is 5.33. The first-order chi connectivity index (χ1) is 9.29. The number of carbonyl (C=O) groups is 1. The minimum absolute atomic E-state index is 0.380. The molecule has 20 heavy (non-hydrogen) atoms. The van der Waals surface area contributed by atoms with Gasteiger partial charge in [-0.15, -0.1) is 12.3 Å². The summed E-state index contributed by atoms with van der Waals surface area (Å²) in [5, 5.41) is 19.6. The van der Waals surface area contributed by atoms with Crippen molar-refractivity contribution in [2.24, 2.45) is 0 Å². The molecule has 9 heteroatoms. The van der Waals surface area contributed by atoms with E-state index in [0.29, 0.717) is 0 Å². The Bertz CT molecular complexity index is 676. The van der Waals surface area contributed by atoms with Gasteiger partial charge in [0, 0.05) is 12.5 Å². The summed E-state index contributed by atoms with van der Waals surface area (Å²) in [7, 11) is -4.37. The molecule has 0 amide bonds. The molecular weight excluding hydrogens is 288 g/mol. The number of nitrogens with one attached hydrogen (secondary N) is 1. The Hall–Kier alpha value is -2.44. The number of sulfonamides is 1. The van der Waals surface area contributed by atoms with Crippen LogP contribution in [0.25, 0.3) is 0 Å². The van der Waals surface area contributed by atoms with E-state index in [1.165, 1.54) is 12.1 Å². The van der Waals surface area contributed by atoms with Crippen molar-refractivity contribution in [1.82, 2.24) is 4.72 Å². The highest BCUT2D eigenvalue weighted by molar-refractivity contribution is 7.89. The van der Waals surface area contributed by atoms with E-state index in [0.717, 1.165) is 12.1 Å². The molecule has 106 valence electrons. The van der Waals surface area contributed by atoms with Crippen LogP contribution in [0, 0.1) is 22.5 Å². The molecule has 0 radical (unpaired) electrons. The third-order valence-corrected chi connectivity index (χ3v) is 3.79. The number of benzene rings is 1. The highest BCUT2D eigenvalue weighted by Crippen LogP contribution is 2.23. The minimum Gasteiger partial charge on any atom is -0.480 e. The summed E-state index contributed by atoms with van der Waals surface area (Å²) in [6.45, 7) is 0. The maximum atomic E-state index is 12.0. The summed E-state index contributed by atoms with van der Waals surface area (Å²) < 4.78 is 25.8. The highest BCUT2D eigenvalue weighted by Gasteiger charge is 2.29. The molecule has 1 rings (SSSR count). The van der Waals surface area contributed by atoms with Crippen LogP contribution in [0.2, 0.25) is 0 Å². The molecule has 0 spiro atoms. The second kappa shape index (κ2) is 6.14. The van der Waals surface area contributed by atoms with Gasteiger partial charge >= 0.3 is 5.97 Å². The van der Waals surface area contributed by atoms with Crippen LogP contribution in [-0.2, 0) is 14.8 Å². The smallest absolute Gasteiger partial charge is 0.322 e. The molecule has 1 unspecified atom stereocenters. The van der Waals surface area contributed by atoms with E-state index in [1.807, 2.05) is 10.6 Å². The van der Waals surface area contributed by atoms with Gasteiger partial charge in [0.2, 0.25) is 10.0 Å². The fraction of sp³-hybridized carbons (Fsp3) is 0.182. The molecule has 0 heterocycles. The van der Waals surface area contributed by atoms with E-state index in [-0.39, 0.29) is 6.42 Å². The highest BCUT2D eigenvalue weighted by atomic mass is 32.2. The van der Waals surface area contributed by atoms with Gasteiger partial charge in [0.05, 0.1) is 4.92 Å². The van der Waals surface area contributed by atoms with Crippen molar-refractivity contribution in [3.8, 4) is 12.3 Å². The molecule has 2 N–H and O–H groups in total. The SMILES string of the molecule is C#CCC(NS(=O)(=O)c1ccccc1[N+](=O)[O-])C(=O)O. The Balaban J connectivity index is 3.21. The quantitative estimate of drug-likeness (QED) is 0.443. The van der Waals surface area contributed by atoms with Crippen LogP contribution in [0.4, 0.5) is 5.69 Å². The van der Waals surface area contributed by atoms with Crippen molar-refractivity contribution < 1.29 is 23.2 Å². The summed E-state index contributed by atoms with van der Waals surface area (Å²) in [4.78, 5) is 20.2. The molecule has 0 bridgehead atoms. The van der Waals surface area contributed by atoms with Crippen LogP contribution in [0.15, 0.2) is 29.2 Å². The van der Waals surface area contributed by atoms with E-state index in [9.17, 15) is 23.3 Å². The van der Waals surface area contributed by atoms with E-state index >= 15 is 0 Å². The van der Waals surface area contributed by atoms with Gasteiger partial charge in [0.15, 0.2) is 4.90 Å². The number of rotatable bonds is 6. The van der Waals surface area contributed by atoms with Crippen LogP contribution >= 0.6 is 0 Å². The number of nitrogens with zero attached hydrogens (tertiary/aromatic N) is 1. The van der Waals surface area contributed by atoms with Crippen molar-refractivity contribution in [2.75, 3.05) is 0 Å². The summed E-state index contributed by atoms with van der Waals surface area (Å²) in [5.74, 6) is 0.551. The topological polar surface area (TPSA) is 127 Å². The number of hydrogen-bond acceptors (Lipinski definition) is 5. The Morgan fingerprint density at radius 2 is 2.10 bits per heavy atom. The molecule has 1 aromatic rings. The van der Waals surface area contributed by atoms with Gasteiger partial charge in [0.1, 0.15) is 6.04 Å². The third-order valence-electron chi connectivity index (χ3n) is 2.27. The molecular formula is C11H10N2O6S. The first-order valence-corrected chi connectivity index (χ1v) is 6.70. The van der Waals surface area contributed by atoms with Crippen molar-refractivity contribution >= 4 is 21.7 Å². The number of hydrogen-bond donors (Lipinski definition) is 2. The van der Waals surface area contributed by atoms with Gasteiger partial charge in [-0.1, -0.05) is 12.1 Å². The van der Waals surface area contributed by atoms with Crippen molar-refractivity contribution in [3.05, 3.63) is 34.4 Å². The average Bonchev–Trinajstić information content (AvgIpc) is 2.38. The molecule has 0 saturated heterocycles. The molecule has 0 saturated carbocycles. The van der Waals surface area contributed by atoms with E-state index in [4.69, 9.17) is 11.5 Å². The Kier molecular flexibility index (Phi) is 4.79. The second-order valence-electron chi connectivity index (χ2n) is 3.65. The number of nitro benzene ring substituents is 1. The maximum Gasteiger partial charge on any atom is 0.322 e. The van der Waals surface area contributed by atoms with Crippen molar-refractivity contribution in [2.45, 2.75) is 17.4 Å². The lowest BCUT2D eigenvalue weighted by Crippen LogP contribution is -2.40. The number of para-hydroxylation sites is 1. The van der Waals surface area contributed by atoms with Crippen LogP contribution in [0.3, 0.4) is 0 Å². The van der Waals surface area contributed by atoms with Crippen LogP contribution in [-0.4, -0.2) is 30.5 Å². The fourth-order valence-electron chi connectivity index (χ4n) is 1.38. The van der Waals surface area contributed by atoms with Crippen molar-refractivity contribution in [1.29, 1.82) is 0 Å². The van der Waals surface area contributed by atoms with Gasteiger partial charge in [-0.2, -0.15) is 4.72 Å². The lowest BCUT2D eigenvalue weighted by Gasteiger charge is -2.12. The monoisotopic (exact) mass is 298 g/mol. The number of terminal acetylenes is 1. The number of aliphatic carboxylic acids is 1. The normalized spacial score (nSPS) is 12.3. The molecule has 0 fully saturated rings. The Labute approximate surface area is 114 Å². The molecule has 8 nitrogen and oxygen atoms in total. The first kappa shape index (κ1) is 15.6. The van der Waals surface area contributed by atoms with Gasteiger partial charge in [0.25, 0.3) is 5.69 Å². The lowest BCUT2D eigenvalue weighted by atomic mass is 10.2. The van der Waals surface area contributed by atoms with Crippen LogP contribution < -0.4 is 4.72 Å². The molecule has 0 aliphatic carbocycles. The molecule has 1 atom stereocenters. The number of carboxylic acids is 1. The van der Waals surface area contributed by atoms with E-state index in [2.05, 4.69) is 0 Å². The maximum absolute atomic E-state index is 12.0. The Morgan fingerprint density at radius 1 is 1.50 bits per heavy atom. The fourth-order valence-corrected chi connectivity index (χ4v) is 2.74. The van der Waals surface area contributed by atoms with Gasteiger partial charge < -0.3 is 5.11 Å². The third kappa shape index (κ3) is 3.53. The minimum atomic E-state index is -4.37. The molecule has 0 aromatic heterocycles. The summed E-state index contributed by atoms with van der Waals surface area (Å²) in [5.41, 5.74) is -0.648. The summed E-state index contributed by atoms with van der Waals surface area (Å²) in [6, 6.07) is 3.05. The zero-order valence-electron chi connectivity index (χ0n) is 10.0. The summed E-state index contributed by atoms with van der Waals surface area (Å²) >= 11 is 0. The zero-order valence-corrected chi connectivity index (χ0v) is 10.8. The number of carboxylic acid groups (broad SMARTS) is 1. The van der Waals surface area contributed by atoms with E-state index in [1.54, 1.807) is 0 Å². The predicted molar refractivity (Wildman–Crippen MR) is 68.3 cm³/mol. The largest absolute Gasteiger partial charge is 0.480 e. The lowest BCUT2D eigenvalue weighted by molar-refractivity contribution is -0.387. The molecule has 1 aromatic carbocycles. The van der Waals surface area contributed by atoms with Gasteiger partial charge in [-0.25, -0.2) is 8.42 Å². The van der Waals surface area contributed by atoms with Gasteiger partial charge in [-0.05, 0) is 6.07 Å². The standard InChI is InChI=1S/C11H10N2O6S/c1-2-5-8(11(14)15)12-20(18,19)10-7-4-3-6-9(10)13(16)17/h1,3-4,6-8,12H,5H2,(H,14,15). The molecule has 0 aliphatic rings. The van der Waals surface area contributed by atoms with Crippen LogP contribution in [0.1, 0.15) is 6.42 Å². The van der Waals surface area contributed by atoms with Gasteiger partial charge in [-0.3, -0.25) is 14.9 Å². The van der Waals surface area contributed by atoms with Crippen molar-refractivity contribution in [3.63, 3.8) is 0 Å². The summed E-state index contributed by atoms with van der Waals surface area (Å²) in [6.07, 6.45) is 4.57. The average molecular weight is 298 g/mol. The number of nitro groups is 1. The predicted octanol–water partition coefficient (Wildman–Crippen LogP) is 0.350. The zero-order chi connectivity index (χ0) is 15.3. The van der Waals surface area contributed by atoms with E-state index < -0.39 is 37.5 Å². The van der Waals surface area contributed by atoms with Crippen LogP contribution in [0.5, 0.6) is 0 Å².